The number of rotatable bonds is 10. The van der Waals surface area contributed by atoms with Crippen LogP contribution in [0.25, 0.3) is 6.08 Å². The van der Waals surface area contributed by atoms with Crippen LogP contribution < -0.4 is 14.2 Å². The number of benzene rings is 3. The maximum absolute atomic E-state index is 13.2. The number of halogens is 1. The molecule has 1 aliphatic rings. The molecule has 3 aromatic carbocycles. The number of carbonyl (C=O) groups is 2. The first kappa shape index (κ1) is 27.8. The Morgan fingerprint density at radius 3 is 2.47 bits per heavy atom. The van der Waals surface area contributed by atoms with Crippen LogP contribution in [0.1, 0.15) is 42.0 Å². The lowest BCUT2D eigenvalue weighted by Gasteiger charge is -2.17. The van der Waals surface area contributed by atoms with Crippen LogP contribution in [0.5, 0.6) is 17.2 Å². The Morgan fingerprint density at radius 1 is 1.00 bits per heavy atom. The molecule has 1 saturated heterocycles. The van der Waals surface area contributed by atoms with Crippen molar-refractivity contribution in [2.24, 2.45) is 0 Å². The van der Waals surface area contributed by atoms with Crippen LogP contribution in [0.15, 0.2) is 70.0 Å². The smallest absolute Gasteiger partial charge is 0.293 e. The third kappa shape index (κ3) is 6.60. The van der Waals surface area contributed by atoms with Gasteiger partial charge in [-0.3, -0.25) is 14.5 Å². The molecule has 0 aromatic heterocycles. The summed E-state index contributed by atoms with van der Waals surface area (Å²) in [7, 11) is 1.57. The molecule has 3 aromatic rings. The van der Waals surface area contributed by atoms with Crippen molar-refractivity contribution >= 4 is 44.9 Å². The summed E-state index contributed by atoms with van der Waals surface area (Å²) in [6.45, 7) is 6.93. The first-order chi connectivity index (χ1) is 18.3. The van der Waals surface area contributed by atoms with Gasteiger partial charge in [-0.25, -0.2) is 0 Å². The van der Waals surface area contributed by atoms with Crippen LogP contribution in [-0.4, -0.2) is 36.3 Å². The fourth-order valence-electron chi connectivity index (χ4n) is 4.02. The summed E-state index contributed by atoms with van der Waals surface area (Å²) < 4.78 is 18.6. The number of hydrogen-bond donors (Lipinski definition) is 0. The predicted octanol–water partition coefficient (Wildman–Crippen LogP) is 7.58. The summed E-state index contributed by atoms with van der Waals surface area (Å²) in [5.41, 5.74) is 3.83. The molecule has 0 bridgehead atoms. The molecule has 1 heterocycles. The number of nitrogens with zero attached hydrogens (tertiary/aromatic N) is 1. The van der Waals surface area contributed by atoms with Gasteiger partial charge in [0.15, 0.2) is 11.5 Å². The standard InChI is InChI=1S/C30H30BrNO5S/c1-19(2)24-13-8-20(3)16-26(24)36-15-14-32-29(33)27(38-30(32)34)17-22-6-5-7-25(35-4)28(22)37-18-21-9-11-23(31)12-10-21/h5-13,16-17,19H,14-15,18H2,1-4H3/b27-17-. The lowest BCUT2D eigenvalue weighted by molar-refractivity contribution is -0.123. The van der Waals surface area contributed by atoms with Gasteiger partial charge in [0.1, 0.15) is 19.0 Å². The molecule has 0 N–H and O–H groups in total. The molecule has 38 heavy (non-hydrogen) atoms. The third-order valence-electron chi connectivity index (χ3n) is 6.05. The van der Waals surface area contributed by atoms with Crippen LogP contribution >= 0.6 is 27.7 Å². The van der Waals surface area contributed by atoms with E-state index in [1.54, 1.807) is 19.3 Å². The second-order valence-corrected chi connectivity index (χ2v) is 11.1. The Hall–Kier alpha value is -3.23. The summed E-state index contributed by atoms with van der Waals surface area (Å²) in [5, 5.41) is -0.321. The van der Waals surface area contributed by atoms with Gasteiger partial charge in [-0.1, -0.05) is 66.2 Å². The summed E-state index contributed by atoms with van der Waals surface area (Å²) in [6, 6.07) is 19.4. The highest BCUT2D eigenvalue weighted by molar-refractivity contribution is 9.10. The highest BCUT2D eigenvalue weighted by atomic mass is 79.9. The highest BCUT2D eigenvalue weighted by Crippen LogP contribution is 2.38. The van der Waals surface area contributed by atoms with Crippen LogP contribution in [-0.2, 0) is 11.4 Å². The molecule has 6 nitrogen and oxygen atoms in total. The number of hydrogen-bond acceptors (Lipinski definition) is 6. The average molecular weight is 597 g/mol. The molecule has 0 spiro atoms. The zero-order valence-corrected chi connectivity index (χ0v) is 24.2. The number of aryl methyl sites for hydroxylation is 1. The largest absolute Gasteiger partial charge is 0.493 e. The fraction of sp³-hybridized carbons (Fsp3) is 0.267. The zero-order chi connectivity index (χ0) is 27.2. The average Bonchev–Trinajstić information content (AvgIpc) is 3.16. The summed E-state index contributed by atoms with van der Waals surface area (Å²) >= 11 is 4.35. The summed E-state index contributed by atoms with van der Waals surface area (Å²) in [6.07, 6.45) is 1.68. The number of para-hydroxylation sites is 1. The molecule has 1 fully saturated rings. The number of methoxy groups -OCH3 is 1. The van der Waals surface area contributed by atoms with E-state index in [1.807, 2.05) is 49.4 Å². The molecule has 8 heteroatoms. The van der Waals surface area contributed by atoms with Crippen molar-refractivity contribution in [2.75, 3.05) is 20.3 Å². The van der Waals surface area contributed by atoms with Gasteiger partial charge in [-0.2, -0.15) is 0 Å². The molecular formula is C30H30BrNO5S. The van der Waals surface area contributed by atoms with E-state index in [0.29, 0.717) is 34.5 Å². The van der Waals surface area contributed by atoms with Crippen molar-refractivity contribution in [3.8, 4) is 17.2 Å². The van der Waals surface area contributed by atoms with Gasteiger partial charge in [0.05, 0.1) is 18.6 Å². The first-order valence-electron chi connectivity index (χ1n) is 12.3. The molecule has 0 radical (unpaired) electrons. The number of ether oxygens (including phenoxy) is 3. The van der Waals surface area contributed by atoms with Crippen LogP contribution in [0.4, 0.5) is 4.79 Å². The summed E-state index contributed by atoms with van der Waals surface area (Å²) in [5.74, 6) is 1.79. The number of imide groups is 1. The molecule has 0 atom stereocenters. The van der Waals surface area contributed by atoms with E-state index in [-0.39, 0.29) is 24.3 Å². The lowest BCUT2D eigenvalue weighted by Crippen LogP contribution is -2.32. The van der Waals surface area contributed by atoms with Gasteiger partial charge in [0.25, 0.3) is 11.1 Å². The fourth-order valence-corrected chi connectivity index (χ4v) is 5.14. The van der Waals surface area contributed by atoms with E-state index in [2.05, 4.69) is 41.9 Å². The Balaban J connectivity index is 1.48. The van der Waals surface area contributed by atoms with E-state index in [4.69, 9.17) is 14.2 Å². The maximum atomic E-state index is 13.2. The minimum Gasteiger partial charge on any atom is -0.493 e. The lowest BCUT2D eigenvalue weighted by atomic mass is 10.0. The second kappa shape index (κ2) is 12.5. The highest BCUT2D eigenvalue weighted by Gasteiger charge is 2.35. The quantitative estimate of drug-likeness (QED) is 0.225. The molecule has 1 aliphatic heterocycles. The Morgan fingerprint density at radius 2 is 1.76 bits per heavy atom. The molecule has 4 rings (SSSR count). The van der Waals surface area contributed by atoms with Gasteiger partial charge < -0.3 is 14.2 Å². The van der Waals surface area contributed by atoms with Crippen molar-refractivity contribution in [1.82, 2.24) is 4.90 Å². The third-order valence-corrected chi connectivity index (χ3v) is 7.49. The van der Waals surface area contributed by atoms with Crippen molar-refractivity contribution in [3.63, 3.8) is 0 Å². The zero-order valence-electron chi connectivity index (χ0n) is 21.8. The number of thioether (sulfide) groups is 1. The Kier molecular flexibility index (Phi) is 9.17. The number of carbonyl (C=O) groups excluding carboxylic acids is 2. The maximum Gasteiger partial charge on any atom is 0.293 e. The van der Waals surface area contributed by atoms with E-state index in [1.165, 1.54) is 4.90 Å². The van der Waals surface area contributed by atoms with Crippen molar-refractivity contribution in [2.45, 2.75) is 33.3 Å². The van der Waals surface area contributed by atoms with E-state index in [0.717, 1.165) is 38.7 Å². The molecule has 2 amide bonds. The van der Waals surface area contributed by atoms with Gasteiger partial charge in [-0.15, -0.1) is 0 Å². The van der Waals surface area contributed by atoms with Crippen LogP contribution in [0.3, 0.4) is 0 Å². The van der Waals surface area contributed by atoms with Crippen LogP contribution in [0, 0.1) is 6.92 Å². The van der Waals surface area contributed by atoms with Gasteiger partial charge in [0, 0.05) is 10.0 Å². The topological polar surface area (TPSA) is 65.1 Å². The molecule has 0 unspecified atom stereocenters. The van der Waals surface area contributed by atoms with Crippen molar-refractivity contribution in [1.29, 1.82) is 0 Å². The van der Waals surface area contributed by atoms with Crippen molar-refractivity contribution < 1.29 is 23.8 Å². The predicted molar refractivity (Wildman–Crippen MR) is 155 cm³/mol. The number of amides is 2. The Bertz CT molecular complexity index is 1350. The van der Waals surface area contributed by atoms with E-state index < -0.39 is 0 Å². The minimum atomic E-state index is -0.349. The minimum absolute atomic E-state index is 0.165. The van der Waals surface area contributed by atoms with Crippen molar-refractivity contribution in [3.05, 3.63) is 92.3 Å². The summed E-state index contributed by atoms with van der Waals surface area (Å²) in [4.78, 5) is 27.4. The molecule has 198 valence electrons. The van der Waals surface area contributed by atoms with E-state index in [9.17, 15) is 9.59 Å². The van der Waals surface area contributed by atoms with Gasteiger partial charge in [0.2, 0.25) is 0 Å². The molecule has 0 saturated carbocycles. The molecular weight excluding hydrogens is 566 g/mol. The van der Waals surface area contributed by atoms with E-state index >= 15 is 0 Å². The van der Waals surface area contributed by atoms with Gasteiger partial charge >= 0.3 is 0 Å². The Labute approximate surface area is 236 Å². The SMILES string of the molecule is COc1cccc(/C=C2\SC(=O)N(CCOc3cc(C)ccc3C(C)C)C2=O)c1OCc1ccc(Br)cc1. The normalized spacial score (nSPS) is 14.5. The second-order valence-electron chi connectivity index (χ2n) is 9.17. The monoisotopic (exact) mass is 595 g/mol. The van der Waals surface area contributed by atoms with Crippen LogP contribution in [0.2, 0.25) is 0 Å². The first-order valence-corrected chi connectivity index (χ1v) is 13.9. The van der Waals surface area contributed by atoms with Gasteiger partial charge in [-0.05, 0) is 71.6 Å². The molecule has 0 aliphatic carbocycles.